The van der Waals surface area contributed by atoms with Gasteiger partial charge in [-0.15, -0.1) is 0 Å². The second-order valence-corrected chi connectivity index (χ2v) is 10.4. The first-order valence-electron chi connectivity index (χ1n) is 12.0. The average molecular weight is 486 g/mol. The van der Waals surface area contributed by atoms with Crippen molar-refractivity contribution in [1.29, 1.82) is 0 Å². The van der Waals surface area contributed by atoms with Crippen molar-refractivity contribution in [2.24, 2.45) is 0 Å². The van der Waals surface area contributed by atoms with Crippen molar-refractivity contribution in [3.8, 4) is 11.4 Å². The Labute approximate surface area is 201 Å². The number of rotatable bonds is 7. The Bertz CT molecular complexity index is 1100. The van der Waals surface area contributed by atoms with Crippen LogP contribution < -0.4 is 15.5 Å². The molecule has 1 saturated heterocycles. The van der Waals surface area contributed by atoms with Crippen LogP contribution >= 0.6 is 0 Å². The Hall–Kier alpha value is -2.72. The summed E-state index contributed by atoms with van der Waals surface area (Å²) in [6.07, 6.45) is 5.70. The zero-order valence-corrected chi connectivity index (χ0v) is 20.1. The van der Waals surface area contributed by atoms with Crippen LogP contribution in [0.1, 0.15) is 44.2 Å². The molecule has 0 radical (unpaired) electrons. The highest BCUT2D eigenvalue weighted by atomic mass is 32.2. The molecule has 1 aromatic heterocycles. The fraction of sp³-hybridized carbons (Fsp3) is 0.542. The third-order valence-corrected chi connectivity index (χ3v) is 7.76. The number of ether oxygens (including phenoxy) is 1. The maximum atomic E-state index is 12.0. The average Bonchev–Trinajstić information content (AvgIpc) is 3.53. The molecule has 2 N–H and O–H groups in total. The van der Waals surface area contributed by atoms with Gasteiger partial charge >= 0.3 is 6.03 Å². The molecule has 1 aromatic carbocycles. The van der Waals surface area contributed by atoms with Gasteiger partial charge in [0.15, 0.2) is 5.82 Å². The van der Waals surface area contributed by atoms with Crippen molar-refractivity contribution in [1.82, 2.24) is 15.3 Å². The smallest absolute Gasteiger partial charge is 0.319 e. The van der Waals surface area contributed by atoms with Gasteiger partial charge < -0.3 is 20.3 Å². The standard InChI is InChI=1S/C24H31N5O4S/c30-23(26-19-7-8-19)25-18-5-3-17(4-6-18)22-27-20(24(16-34(31)32)9-1-2-10-24)15-21(28-22)29-11-13-33-14-12-29/h3-6,15,19,34H,1-2,7-14,16H2,(H2,25,26,30). The van der Waals surface area contributed by atoms with Crippen molar-refractivity contribution in [2.75, 3.05) is 42.3 Å². The number of morpholine rings is 1. The highest BCUT2D eigenvalue weighted by molar-refractivity contribution is 7.72. The number of nitrogens with zero attached hydrogens (tertiary/aromatic N) is 3. The van der Waals surface area contributed by atoms with E-state index in [1.807, 2.05) is 30.3 Å². The van der Waals surface area contributed by atoms with Crippen LogP contribution in [-0.2, 0) is 20.9 Å². The topological polar surface area (TPSA) is 114 Å². The number of hydrogen-bond acceptors (Lipinski definition) is 7. The maximum absolute atomic E-state index is 12.0. The molecule has 3 aliphatic rings. The van der Waals surface area contributed by atoms with Crippen LogP contribution in [0.25, 0.3) is 11.4 Å². The summed E-state index contributed by atoms with van der Waals surface area (Å²) in [5.74, 6) is 1.49. The second kappa shape index (κ2) is 9.87. The molecular weight excluding hydrogens is 454 g/mol. The minimum Gasteiger partial charge on any atom is -0.378 e. The van der Waals surface area contributed by atoms with E-state index in [4.69, 9.17) is 14.7 Å². The Morgan fingerprint density at radius 2 is 1.79 bits per heavy atom. The fourth-order valence-electron chi connectivity index (χ4n) is 4.87. The van der Waals surface area contributed by atoms with Gasteiger partial charge in [-0.2, -0.15) is 0 Å². The quantitative estimate of drug-likeness (QED) is 0.517. The molecule has 2 aliphatic carbocycles. The van der Waals surface area contributed by atoms with E-state index in [0.717, 1.165) is 68.7 Å². The van der Waals surface area contributed by atoms with E-state index in [9.17, 15) is 13.2 Å². The molecule has 0 unspecified atom stereocenters. The van der Waals surface area contributed by atoms with Gasteiger partial charge in [-0.3, -0.25) is 0 Å². The summed E-state index contributed by atoms with van der Waals surface area (Å²) >= 11 is 0. The predicted molar refractivity (Wildman–Crippen MR) is 131 cm³/mol. The number of thiol groups is 1. The largest absolute Gasteiger partial charge is 0.378 e. The zero-order chi connectivity index (χ0) is 23.5. The van der Waals surface area contributed by atoms with E-state index in [-0.39, 0.29) is 11.8 Å². The predicted octanol–water partition coefficient (Wildman–Crippen LogP) is 2.69. The number of benzene rings is 1. The van der Waals surface area contributed by atoms with Crippen LogP contribution in [-0.4, -0.2) is 62.5 Å². The van der Waals surface area contributed by atoms with E-state index in [2.05, 4.69) is 15.5 Å². The van der Waals surface area contributed by atoms with Crippen LogP contribution in [0.15, 0.2) is 30.3 Å². The van der Waals surface area contributed by atoms with Crippen molar-refractivity contribution in [3.05, 3.63) is 36.0 Å². The number of anilines is 2. The number of urea groups is 1. The number of nitrogens with one attached hydrogen (secondary N) is 2. The van der Waals surface area contributed by atoms with Crippen LogP contribution in [0.5, 0.6) is 0 Å². The Morgan fingerprint density at radius 3 is 2.44 bits per heavy atom. The number of aromatic nitrogens is 2. The van der Waals surface area contributed by atoms with Crippen molar-refractivity contribution < 1.29 is 17.9 Å². The summed E-state index contributed by atoms with van der Waals surface area (Å²) in [5, 5.41) is 5.77. The van der Waals surface area contributed by atoms with Crippen LogP contribution in [0.3, 0.4) is 0 Å². The first-order chi connectivity index (χ1) is 16.5. The lowest BCUT2D eigenvalue weighted by Crippen LogP contribution is -2.37. The molecule has 182 valence electrons. The number of carbonyl (C=O) groups is 1. The summed E-state index contributed by atoms with van der Waals surface area (Å²) in [5.41, 5.74) is 1.86. The molecule has 0 spiro atoms. The SMILES string of the molecule is O=C(Nc1ccc(-c2nc(N3CCOCC3)cc(C3(C[SH](=O)=O)CCCC3)n2)cc1)NC1CC1. The minimum atomic E-state index is -2.53. The first kappa shape index (κ1) is 23.0. The molecule has 9 nitrogen and oxygen atoms in total. The van der Waals surface area contributed by atoms with Crippen molar-refractivity contribution in [3.63, 3.8) is 0 Å². The molecule has 10 heteroatoms. The monoisotopic (exact) mass is 485 g/mol. The third kappa shape index (κ3) is 5.33. The van der Waals surface area contributed by atoms with Crippen molar-refractivity contribution in [2.45, 2.75) is 50.0 Å². The highest BCUT2D eigenvalue weighted by Crippen LogP contribution is 2.42. The Morgan fingerprint density at radius 1 is 1.09 bits per heavy atom. The van der Waals surface area contributed by atoms with Gasteiger partial charge in [-0.25, -0.2) is 23.2 Å². The second-order valence-electron chi connectivity index (χ2n) is 9.46. The summed E-state index contributed by atoms with van der Waals surface area (Å²) < 4.78 is 29.1. The molecule has 0 bridgehead atoms. The van der Waals surface area contributed by atoms with Gasteiger partial charge in [-0.1, -0.05) is 12.8 Å². The molecule has 3 fully saturated rings. The lowest BCUT2D eigenvalue weighted by Gasteiger charge is -2.31. The summed E-state index contributed by atoms with van der Waals surface area (Å²) in [6, 6.07) is 9.54. The van der Waals surface area contributed by atoms with Gasteiger partial charge in [0, 0.05) is 41.9 Å². The number of amides is 2. The minimum absolute atomic E-state index is 0.111. The maximum Gasteiger partial charge on any atom is 0.319 e. The highest BCUT2D eigenvalue weighted by Gasteiger charge is 2.39. The molecule has 2 saturated carbocycles. The molecule has 34 heavy (non-hydrogen) atoms. The molecule has 0 atom stereocenters. The lowest BCUT2D eigenvalue weighted by atomic mass is 9.84. The summed E-state index contributed by atoms with van der Waals surface area (Å²) in [4.78, 5) is 24.0. The van der Waals surface area contributed by atoms with Gasteiger partial charge in [0.05, 0.1) is 24.7 Å². The third-order valence-electron chi connectivity index (χ3n) is 6.90. The molecule has 2 amide bonds. The normalized spacial score (nSPS) is 19.9. The fourth-order valence-corrected chi connectivity index (χ4v) is 5.84. The van der Waals surface area contributed by atoms with E-state index < -0.39 is 16.1 Å². The van der Waals surface area contributed by atoms with Crippen molar-refractivity contribution >= 4 is 28.2 Å². The zero-order valence-electron chi connectivity index (χ0n) is 19.2. The molecule has 2 heterocycles. The first-order valence-corrected chi connectivity index (χ1v) is 13.4. The van der Waals surface area contributed by atoms with E-state index in [1.165, 1.54) is 0 Å². The molecule has 2 aromatic rings. The van der Waals surface area contributed by atoms with E-state index >= 15 is 0 Å². The number of carbonyl (C=O) groups excluding carboxylic acids is 1. The lowest BCUT2D eigenvalue weighted by molar-refractivity contribution is 0.122. The Kier molecular flexibility index (Phi) is 6.69. The van der Waals surface area contributed by atoms with Gasteiger partial charge in [0.1, 0.15) is 16.5 Å². The molecule has 1 aliphatic heterocycles. The van der Waals surface area contributed by atoms with Crippen LogP contribution in [0.2, 0.25) is 0 Å². The summed E-state index contributed by atoms with van der Waals surface area (Å²) in [7, 11) is -2.53. The Balaban J connectivity index is 1.46. The van der Waals surface area contributed by atoms with Gasteiger partial charge in [-0.05, 0) is 49.9 Å². The summed E-state index contributed by atoms with van der Waals surface area (Å²) in [6.45, 7) is 2.74. The molecular formula is C24H31N5O4S. The van der Waals surface area contributed by atoms with E-state index in [0.29, 0.717) is 30.8 Å². The van der Waals surface area contributed by atoms with Crippen LogP contribution in [0.4, 0.5) is 16.3 Å². The number of hydrogen-bond donors (Lipinski definition) is 3. The molecule has 5 rings (SSSR count). The van der Waals surface area contributed by atoms with E-state index in [1.54, 1.807) is 0 Å². The van der Waals surface area contributed by atoms with Gasteiger partial charge in [0.25, 0.3) is 0 Å². The van der Waals surface area contributed by atoms with Gasteiger partial charge in [0.2, 0.25) is 0 Å². The van der Waals surface area contributed by atoms with Crippen LogP contribution in [0, 0.1) is 0 Å².